The van der Waals surface area contributed by atoms with Crippen LogP contribution in [0.3, 0.4) is 0 Å². The molecule has 0 radical (unpaired) electrons. The number of carbonyl (C=O) groups is 1. The van der Waals surface area contributed by atoms with Crippen LogP contribution in [0.25, 0.3) is 0 Å². The van der Waals surface area contributed by atoms with Gasteiger partial charge in [-0.05, 0) is 29.9 Å². The van der Waals surface area contributed by atoms with E-state index >= 15 is 0 Å². The molecule has 0 unspecified atom stereocenters. The van der Waals surface area contributed by atoms with Crippen LogP contribution in [0, 0.1) is 5.92 Å². The molecule has 0 amide bonds. The lowest BCUT2D eigenvalue weighted by Gasteiger charge is -2.21. The Morgan fingerprint density at radius 1 is 1.20 bits per heavy atom. The number of carboxylic acids is 1. The Labute approximate surface area is 120 Å². The third-order valence-electron chi connectivity index (χ3n) is 3.34. The second-order valence-corrected chi connectivity index (χ2v) is 5.44. The molecule has 1 aromatic rings. The number of benzene rings is 1. The van der Waals surface area contributed by atoms with Crippen LogP contribution in [0.4, 0.5) is 0 Å². The summed E-state index contributed by atoms with van der Waals surface area (Å²) in [7, 11) is 3.25. The topological polar surface area (TPSA) is 55.8 Å². The molecule has 4 nitrogen and oxygen atoms in total. The molecule has 0 aliphatic carbocycles. The summed E-state index contributed by atoms with van der Waals surface area (Å²) in [6.45, 7) is 6.15. The van der Waals surface area contributed by atoms with Gasteiger partial charge in [-0.15, -0.1) is 0 Å². The number of hydrogen-bond acceptors (Lipinski definition) is 3. The van der Waals surface area contributed by atoms with Gasteiger partial charge in [0, 0.05) is 12.0 Å². The van der Waals surface area contributed by atoms with E-state index in [9.17, 15) is 4.79 Å². The van der Waals surface area contributed by atoms with E-state index in [0.717, 1.165) is 23.3 Å². The maximum absolute atomic E-state index is 10.8. The normalized spacial score (nSPS) is 12.3. The standard InChI is InChI=1S/C16H24O4/c1-10(2)15-12(8-11(3)9-14(17)18)6-7-13(19-4)16(15)20-5/h6-7,10-11H,8-9H2,1-5H3,(H,17,18)/t11-/m0/s1. The molecule has 0 aliphatic rings. The van der Waals surface area contributed by atoms with E-state index in [2.05, 4.69) is 13.8 Å². The monoisotopic (exact) mass is 280 g/mol. The minimum atomic E-state index is -0.760. The molecule has 1 N–H and O–H groups in total. The molecule has 1 rings (SSSR count). The van der Waals surface area contributed by atoms with Crippen molar-refractivity contribution < 1.29 is 19.4 Å². The number of ether oxygens (including phenoxy) is 2. The molecule has 4 heteroatoms. The fourth-order valence-corrected chi connectivity index (χ4v) is 2.55. The number of rotatable bonds is 7. The summed E-state index contributed by atoms with van der Waals surface area (Å²) < 4.78 is 10.8. The van der Waals surface area contributed by atoms with Crippen molar-refractivity contribution in [2.45, 2.75) is 39.5 Å². The lowest BCUT2D eigenvalue weighted by atomic mass is 9.89. The molecule has 1 aromatic carbocycles. The van der Waals surface area contributed by atoms with Crippen molar-refractivity contribution in [2.24, 2.45) is 5.92 Å². The zero-order chi connectivity index (χ0) is 15.3. The van der Waals surface area contributed by atoms with Crippen LogP contribution in [0.15, 0.2) is 12.1 Å². The Hall–Kier alpha value is -1.71. The van der Waals surface area contributed by atoms with Gasteiger partial charge in [0.1, 0.15) is 0 Å². The van der Waals surface area contributed by atoms with Gasteiger partial charge in [-0.3, -0.25) is 4.79 Å². The van der Waals surface area contributed by atoms with Crippen LogP contribution in [0.1, 0.15) is 44.2 Å². The van der Waals surface area contributed by atoms with Crippen LogP contribution < -0.4 is 9.47 Å². The van der Waals surface area contributed by atoms with Gasteiger partial charge in [-0.2, -0.15) is 0 Å². The molecule has 0 spiro atoms. The molecular weight excluding hydrogens is 256 g/mol. The quantitative estimate of drug-likeness (QED) is 0.830. The van der Waals surface area contributed by atoms with E-state index in [1.54, 1.807) is 14.2 Å². The van der Waals surface area contributed by atoms with Crippen molar-refractivity contribution in [2.75, 3.05) is 14.2 Å². The van der Waals surface area contributed by atoms with Crippen molar-refractivity contribution in [3.8, 4) is 11.5 Å². The minimum absolute atomic E-state index is 0.0862. The molecule has 0 fully saturated rings. The third-order valence-corrected chi connectivity index (χ3v) is 3.34. The van der Waals surface area contributed by atoms with E-state index in [-0.39, 0.29) is 18.3 Å². The molecule has 0 aliphatic heterocycles. The highest BCUT2D eigenvalue weighted by atomic mass is 16.5. The number of carboxylic acid groups (broad SMARTS) is 1. The summed E-state index contributed by atoms with van der Waals surface area (Å²) in [6, 6.07) is 3.89. The Bertz CT molecular complexity index is 466. The molecule has 0 heterocycles. The van der Waals surface area contributed by atoms with E-state index in [4.69, 9.17) is 14.6 Å². The molecule has 20 heavy (non-hydrogen) atoms. The summed E-state index contributed by atoms with van der Waals surface area (Å²) in [5, 5.41) is 8.88. The van der Waals surface area contributed by atoms with Gasteiger partial charge in [-0.25, -0.2) is 0 Å². The lowest BCUT2D eigenvalue weighted by Crippen LogP contribution is -2.10. The van der Waals surface area contributed by atoms with Gasteiger partial charge in [0.2, 0.25) is 0 Å². The van der Waals surface area contributed by atoms with E-state index in [1.807, 2.05) is 19.1 Å². The number of hydrogen-bond donors (Lipinski definition) is 1. The van der Waals surface area contributed by atoms with Crippen LogP contribution >= 0.6 is 0 Å². The number of aliphatic carboxylic acids is 1. The van der Waals surface area contributed by atoms with Gasteiger partial charge in [0.25, 0.3) is 0 Å². The molecule has 0 bridgehead atoms. The summed E-state index contributed by atoms with van der Waals surface area (Å²) in [5.74, 6) is 1.08. The largest absolute Gasteiger partial charge is 0.493 e. The van der Waals surface area contributed by atoms with Crippen LogP contribution in [-0.4, -0.2) is 25.3 Å². The van der Waals surface area contributed by atoms with Gasteiger partial charge in [-0.1, -0.05) is 26.8 Å². The molecular formula is C16H24O4. The van der Waals surface area contributed by atoms with Crippen molar-refractivity contribution in [3.05, 3.63) is 23.3 Å². The number of methoxy groups -OCH3 is 2. The maximum atomic E-state index is 10.8. The van der Waals surface area contributed by atoms with Gasteiger partial charge >= 0.3 is 5.97 Å². The fraction of sp³-hybridized carbons (Fsp3) is 0.562. The highest BCUT2D eigenvalue weighted by Gasteiger charge is 2.19. The van der Waals surface area contributed by atoms with Gasteiger partial charge < -0.3 is 14.6 Å². The van der Waals surface area contributed by atoms with Crippen molar-refractivity contribution >= 4 is 5.97 Å². The molecule has 0 saturated carbocycles. The average molecular weight is 280 g/mol. The minimum Gasteiger partial charge on any atom is -0.493 e. The molecule has 0 saturated heterocycles. The summed E-state index contributed by atoms with van der Waals surface area (Å²) >= 11 is 0. The van der Waals surface area contributed by atoms with Crippen molar-refractivity contribution in [1.82, 2.24) is 0 Å². The van der Waals surface area contributed by atoms with E-state index in [1.165, 1.54) is 0 Å². The smallest absolute Gasteiger partial charge is 0.303 e. The predicted octanol–water partition coefficient (Wildman–Crippen LogP) is 3.48. The van der Waals surface area contributed by atoms with Gasteiger partial charge in [0.15, 0.2) is 11.5 Å². The Kier molecular flexibility index (Phi) is 5.86. The maximum Gasteiger partial charge on any atom is 0.303 e. The zero-order valence-electron chi connectivity index (χ0n) is 12.9. The molecule has 112 valence electrons. The van der Waals surface area contributed by atoms with E-state index < -0.39 is 5.97 Å². The SMILES string of the molecule is COc1ccc(C[C@H](C)CC(=O)O)c(C(C)C)c1OC. The second kappa shape index (κ2) is 7.17. The lowest BCUT2D eigenvalue weighted by molar-refractivity contribution is -0.137. The zero-order valence-corrected chi connectivity index (χ0v) is 12.9. The van der Waals surface area contributed by atoms with Gasteiger partial charge in [0.05, 0.1) is 14.2 Å². The van der Waals surface area contributed by atoms with Crippen molar-refractivity contribution in [3.63, 3.8) is 0 Å². The van der Waals surface area contributed by atoms with E-state index in [0.29, 0.717) is 5.75 Å². The summed E-state index contributed by atoms with van der Waals surface area (Å²) in [5.41, 5.74) is 2.23. The Morgan fingerprint density at radius 2 is 1.85 bits per heavy atom. The second-order valence-electron chi connectivity index (χ2n) is 5.44. The molecule has 0 aromatic heterocycles. The van der Waals surface area contributed by atoms with Crippen molar-refractivity contribution in [1.29, 1.82) is 0 Å². The first-order valence-electron chi connectivity index (χ1n) is 6.86. The first-order valence-corrected chi connectivity index (χ1v) is 6.86. The molecule has 1 atom stereocenters. The average Bonchev–Trinajstić information content (AvgIpc) is 2.36. The Morgan fingerprint density at radius 3 is 2.30 bits per heavy atom. The first kappa shape index (κ1) is 16.3. The summed E-state index contributed by atoms with van der Waals surface area (Å²) in [6.07, 6.45) is 0.895. The fourth-order valence-electron chi connectivity index (χ4n) is 2.55. The predicted molar refractivity (Wildman–Crippen MR) is 78.8 cm³/mol. The third kappa shape index (κ3) is 3.89. The van der Waals surface area contributed by atoms with Crippen LogP contribution in [-0.2, 0) is 11.2 Å². The first-order chi connectivity index (χ1) is 9.40. The van der Waals surface area contributed by atoms with Crippen LogP contribution in [0.2, 0.25) is 0 Å². The highest BCUT2D eigenvalue weighted by Crippen LogP contribution is 2.38. The van der Waals surface area contributed by atoms with Crippen LogP contribution in [0.5, 0.6) is 11.5 Å². The highest BCUT2D eigenvalue weighted by molar-refractivity contribution is 5.67. The Balaban J connectivity index is 3.16. The summed E-state index contributed by atoms with van der Waals surface area (Å²) in [4.78, 5) is 10.8.